The predicted octanol–water partition coefficient (Wildman–Crippen LogP) is 3.99. The van der Waals surface area contributed by atoms with Crippen LogP contribution in [-0.2, 0) is 19.2 Å². The van der Waals surface area contributed by atoms with E-state index in [4.69, 9.17) is 9.57 Å². The van der Waals surface area contributed by atoms with Crippen molar-refractivity contribution in [1.82, 2.24) is 10.8 Å². The molecular weight excluding hydrogens is 436 g/mol. The maximum absolute atomic E-state index is 12.6. The summed E-state index contributed by atoms with van der Waals surface area (Å²) in [5.41, 5.74) is 6.79. The van der Waals surface area contributed by atoms with Crippen LogP contribution in [0.5, 0.6) is 0 Å². The van der Waals surface area contributed by atoms with Gasteiger partial charge in [0.25, 0.3) is 0 Å². The fourth-order valence-corrected chi connectivity index (χ4v) is 4.52. The first-order chi connectivity index (χ1) is 16.5. The largest absolute Gasteiger partial charge is 0.479 e. The number of aliphatic carboxylic acids is 1. The summed E-state index contributed by atoms with van der Waals surface area (Å²) in [5.74, 6) is -1.69. The normalized spacial score (nSPS) is 16.1. The highest BCUT2D eigenvalue weighted by Crippen LogP contribution is 2.44. The van der Waals surface area contributed by atoms with Crippen molar-refractivity contribution in [3.8, 4) is 11.1 Å². The van der Waals surface area contributed by atoms with Gasteiger partial charge in [-0.15, -0.1) is 0 Å². The molecule has 180 valence electrons. The highest BCUT2D eigenvalue weighted by atomic mass is 16.7. The maximum atomic E-state index is 12.6. The van der Waals surface area contributed by atoms with Gasteiger partial charge in [-0.3, -0.25) is 9.63 Å². The third kappa shape index (κ3) is 5.56. The molecule has 2 amide bonds. The summed E-state index contributed by atoms with van der Waals surface area (Å²) in [6.45, 7) is 2.14. The topological polar surface area (TPSA) is 114 Å². The number of amides is 2. The van der Waals surface area contributed by atoms with E-state index in [1.165, 1.54) is 0 Å². The van der Waals surface area contributed by atoms with Crippen molar-refractivity contribution in [2.75, 3.05) is 6.61 Å². The summed E-state index contributed by atoms with van der Waals surface area (Å²) in [6, 6.07) is 15.8. The number of nitrogens with one attached hydrogen (secondary N) is 2. The molecule has 1 unspecified atom stereocenters. The minimum absolute atomic E-state index is 0.0327. The monoisotopic (exact) mass is 466 g/mol. The molecule has 4 rings (SSSR count). The second kappa shape index (κ2) is 10.7. The Kier molecular flexibility index (Phi) is 7.47. The molecule has 34 heavy (non-hydrogen) atoms. The minimum Gasteiger partial charge on any atom is -0.479 e. The highest BCUT2D eigenvalue weighted by Gasteiger charge is 2.38. The molecule has 0 aromatic heterocycles. The molecule has 2 aromatic rings. The van der Waals surface area contributed by atoms with Crippen LogP contribution < -0.4 is 10.8 Å². The van der Waals surface area contributed by atoms with Crippen LogP contribution in [0, 0.1) is 5.92 Å². The number of hydrogen-bond acceptors (Lipinski definition) is 5. The van der Waals surface area contributed by atoms with Crippen LogP contribution in [0.15, 0.2) is 48.5 Å². The summed E-state index contributed by atoms with van der Waals surface area (Å²) in [6.07, 6.45) is 1.21. The van der Waals surface area contributed by atoms with Crippen LogP contribution in [0.25, 0.3) is 11.1 Å². The first kappa shape index (κ1) is 23.8. The number of carboxylic acids is 1. The van der Waals surface area contributed by atoms with Gasteiger partial charge in [0.05, 0.1) is 0 Å². The number of carboxylic acid groups (broad SMARTS) is 1. The van der Waals surface area contributed by atoms with Crippen LogP contribution in [0.4, 0.5) is 4.79 Å². The van der Waals surface area contributed by atoms with Crippen LogP contribution >= 0.6 is 0 Å². The number of carbonyl (C=O) groups is 3. The van der Waals surface area contributed by atoms with E-state index in [9.17, 15) is 19.5 Å². The smallest absolute Gasteiger partial charge is 0.407 e. The van der Waals surface area contributed by atoms with Crippen molar-refractivity contribution in [3.63, 3.8) is 0 Å². The zero-order valence-corrected chi connectivity index (χ0v) is 19.2. The van der Waals surface area contributed by atoms with Crippen LogP contribution in [0.3, 0.4) is 0 Å². The van der Waals surface area contributed by atoms with E-state index < -0.39 is 30.1 Å². The Hall–Kier alpha value is -3.39. The molecule has 2 atom stereocenters. The average Bonchev–Trinajstić information content (AvgIpc) is 3.60. The molecule has 2 aliphatic rings. The van der Waals surface area contributed by atoms with E-state index in [0.29, 0.717) is 6.42 Å². The standard InChI is InChI=1S/C26H30N2O6/c1-2-7-17(14-23(29)28-34-24(25(30)31)16-12-13-16)27-26(32)33-15-22-20-10-5-3-8-18(20)19-9-4-6-11-21(19)22/h3-6,8-11,16-17,22,24H,2,7,12-15H2,1H3,(H,27,32)(H,28,29)(H,30,31)/t17-,24?/m0/s1. The minimum atomic E-state index is -1.09. The predicted molar refractivity (Wildman–Crippen MR) is 125 cm³/mol. The molecule has 2 aromatic carbocycles. The molecular formula is C26H30N2O6. The molecule has 8 heteroatoms. The van der Waals surface area contributed by atoms with Gasteiger partial charge in [-0.2, -0.15) is 0 Å². The summed E-state index contributed by atoms with van der Waals surface area (Å²) in [4.78, 5) is 41.2. The van der Waals surface area contributed by atoms with Gasteiger partial charge in [-0.1, -0.05) is 61.9 Å². The Bertz CT molecular complexity index is 1010. The van der Waals surface area contributed by atoms with E-state index in [1.54, 1.807) is 0 Å². The van der Waals surface area contributed by atoms with Gasteiger partial charge in [0, 0.05) is 18.4 Å². The molecule has 0 saturated heterocycles. The average molecular weight is 467 g/mol. The number of hydrogen-bond donors (Lipinski definition) is 3. The summed E-state index contributed by atoms with van der Waals surface area (Å²) in [7, 11) is 0. The van der Waals surface area contributed by atoms with Crippen molar-refractivity contribution in [1.29, 1.82) is 0 Å². The second-order valence-corrected chi connectivity index (χ2v) is 8.90. The number of alkyl carbamates (subject to hydrolysis) is 1. The van der Waals surface area contributed by atoms with Crippen molar-refractivity contribution >= 4 is 18.0 Å². The zero-order chi connectivity index (χ0) is 24.1. The lowest BCUT2D eigenvalue weighted by atomic mass is 9.98. The fourth-order valence-electron chi connectivity index (χ4n) is 4.52. The molecule has 0 heterocycles. The van der Waals surface area contributed by atoms with Crippen molar-refractivity contribution in [2.24, 2.45) is 5.92 Å². The zero-order valence-electron chi connectivity index (χ0n) is 19.2. The molecule has 0 bridgehead atoms. The lowest BCUT2D eigenvalue weighted by Crippen LogP contribution is -2.41. The van der Waals surface area contributed by atoms with Gasteiger partial charge in [0.15, 0.2) is 6.10 Å². The number of benzene rings is 2. The van der Waals surface area contributed by atoms with Crippen molar-refractivity contribution < 1.29 is 29.1 Å². The third-order valence-corrected chi connectivity index (χ3v) is 6.33. The van der Waals surface area contributed by atoms with Crippen molar-refractivity contribution in [3.05, 3.63) is 59.7 Å². The van der Waals surface area contributed by atoms with Gasteiger partial charge in [-0.05, 0) is 47.4 Å². The summed E-state index contributed by atoms with van der Waals surface area (Å²) >= 11 is 0. The van der Waals surface area contributed by atoms with Gasteiger partial charge < -0.3 is 15.2 Å². The molecule has 2 aliphatic carbocycles. The Labute approximate surface area is 198 Å². The molecule has 1 fully saturated rings. The van der Waals surface area contributed by atoms with Gasteiger partial charge in [0.1, 0.15) is 6.61 Å². The summed E-state index contributed by atoms with van der Waals surface area (Å²) < 4.78 is 5.58. The van der Waals surface area contributed by atoms with E-state index in [-0.39, 0.29) is 24.9 Å². The highest BCUT2D eigenvalue weighted by molar-refractivity contribution is 5.79. The second-order valence-electron chi connectivity index (χ2n) is 8.90. The SMILES string of the molecule is CCC[C@@H](CC(=O)NOC(C(=O)O)C1CC1)NC(=O)OCC1c2ccccc2-c2ccccc21. The van der Waals surface area contributed by atoms with E-state index in [1.807, 2.05) is 31.2 Å². The molecule has 3 N–H and O–H groups in total. The third-order valence-electron chi connectivity index (χ3n) is 6.33. The molecule has 0 radical (unpaired) electrons. The number of rotatable bonds is 11. The Morgan fingerprint density at radius 1 is 1.03 bits per heavy atom. The Morgan fingerprint density at radius 3 is 2.21 bits per heavy atom. The Morgan fingerprint density at radius 2 is 1.65 bits per heavy atom. The number of ether oxygens (including phenoxy) is 1. The van der Waals surface area contributed by atoms with E-state index in [0.717, 1.165) is 41.5 Å². The van der Waals surface area contributed by atoms with Crippen LogP contribution in [-0.4, -0.2) is 41.8 Å². The molecule has 0 spiro atoms. The fraction of sp³-hybridized carbons (Fsp3) is 0.423. The van der Waals surface area contributed by atoms with Crippen molar-refractivity contribution in [2.45, 2.75) is 57.1 Å². The molecule has 0 aliphatic heterocycles. The lowest BCUT2D eigenvalue weighted by molar-refractivity contribution is -0.162. The lowest BCUT2D eigenvalue weighted by Gasteiger charge is -2.20. The van der Waals surface area contributed by atoms with E-state index >= 15 is 0 Å². The summed E-state index contributed by atoms with van der Waals surface area (Å²) in [5, 5.41) is 12.0. The first-order valence-electron chi connectivity index (χ1n) is 11.8. The maximum Gasteiger partial charge on any atom is 0.407 e. The number of fused-ring (bicyclic) bond motifs is 3. The first-order valence-corrected chi connectivity index (χ1v) is 11.8. The van der Waals surface area contributed by atoms with Crippen LogP contribution in [0.1, 0.15) is 56.1 Å². The molecule has 8 nitrogen and oxygen atoms in total. The van der Waals surface area contributed by atoms with Crippen LogP contribution in [0.2, 0.25) is 0 Å². The molecule has 1 saturated carbocycles. The Balaban J connectivity index is 1.30. The number of hydroxylamine groups is 1. The van der Waals surface area contributed by atoms with E-state index in [2.05, 4.69) is 35.1 Å². The van der Waals surface area contributed by atoms with Gasteiger partial charge in [-0.25, -0.2) is 15.1 Å². The number of carbonyl (C=O) groups excluding carboxylic acids is 2. The quantitative estimate of drug-likeness (QED) is 0.432. The van der Waals surface area contributed by atoms with Gasteiger partial charge in [0.2, 0.25) is 5.91 Å². The van der Waals surface area contributed by atoms with Gasteiger partial charge >= 0.3 is 12.1 Å².